The topological polar surface area (TPSA) is 44.2 Å². The minimum atomic E-state index is 0.612. The number of benzene rings is 2. The molecule has 1 heterocycles. The van der Waals surface area contributed by atoms with Crippen LogP contribution in [0.15, 0.2) is 48.5 Å². The van der Waals surface area contributed by atoms with Gasteiger partial charge >= 0.3 is 0 Å². The Kier molecular flexibility index (Phi) is 6.28. The van der Waals surface area contributed by atoms with Gasteiger partial charge in [-0.15, -0.1) is 0 Å². The summed E-state index contributed by atoms with van der Waals surface area (Å²) in [6, 6.07) is 16.6. The Labute approximate surface area is 152 Å². The van der Waals surface area contributed by atoms with Crippen LogP contribution in [-0.4, -0.2) is 22.0 Å². The Morgan fingerprint density at radius 2 is 1.24 bits per heavy atom. The molecule has 0 fully saturated rings. The maximum absolute atomic E-state index is 5.51. The van der Waals surface area contributed by atoms with E-state index in [4.69, 9.17) is 9.47 Å². The van der Waals surface area contributed by atoms with Crippen molar-refractivity contribution in [3.05, 3.63) is 59.7 Å². The van der Waals surface area contributed by atoms with Crippen molar-refractivity contribution < 1.29 is 9.47 Å². The predicted octanol–water partition coefficient (Wildman–Crippen LogP) is 4.95. The fourth-order valence-corrected chi connectivity index (χ4v) is 3.21. The smallest absolute Gasteiger partial charge is 0.112 e. The monoisotopic (exact) mass is 354 g/mol. The molecule has 0 aliphatic heterocycles. The van der Waals surface area contributed by atoms with Crippen molar-refractivity contribution in [1.82, 2.24) is 8.75 Å². The van der Waals surface area contributed by atoms with Crippen LogP contribution in [0.3, 0.4) is 0 Å². The van der Waals surface area contributed by atoms with Gasteiger partial charge in [-0.1, -0.05) is 36.4 Å². The standard InChI is InChI=1S/C20H22N2O2S/c1-3-23-13-15-7-5-9-17(11-15)19-20(22-25-21-19)18-10-6-8-16(12-18)14-24-4-2/h5-12H,3-4,13-14H2,1-2H3. The van der Waals surface area contributed by atoms with Gasteiger partial charge in [0.15, 0.2) is 0 Å². The summed E-state index contributed by atoms with van der Waals surface area (Å²) in [5, 5.41) is 0. The van der Waals surface area contributed by atoms with E-state index in [2.05, 4.69) is 45.1 Å². The predicted molar refractivity (Wildman–Crippen MR) is 101 cm³/mol. The molecule has 0 N–H and O–H groups in total. The average Bonchev–Trinajstić information content (AvgIpc) is 3.15. The van der Waals surface area contributed by atoms with Gasteiger partial charge in [-0.3, -0.25) is 0 Å². The van der Waals surface area contributed by atoms with Gasteiger partial charge in [0.25, 0.3) is 0 Å². The Morgan fingerprint density at radius 3 is 1.68 bits per heavy atom. The lowest BCUT2D eigenvalue weighted by Gasteiger charge is -2.07. The zero-order chi connectivity index (χ0) is 17.5. The van der Waals surface area contributed by atoms with Crippen LogP contribution in [0.5, 0.6) is 0 Å². The van der Waals surface area contributed by atoms with E-state index in [0.717, 1.165) is 33.6 Å². The molecule has 0 aliphatic carbocycles. The molecule has 0 unspecified atom stereocenters. The Bertz CT molecular complexity index is 751. The van der Waals surface area contributed by atoms with Gasteiger partial charge in [0.05, 0.1) is 24.9 Å². The lowest BCUT2D eigenvalue weighted by Crippen LogP contribution is -1.94. The maximum Gasteiger partial charge on any atom is 0.112 e. The van der Waals surface area contributed by atoms with E-state index in [1.54, 1.807) is 0 Å². The summed E-state index contributed by atoms with van der Waals surface area (Å²) in [4.78, 5) is 0. The summed E-state index contributed by atoms with van der Waals surface area (Å²) in [5.41, 5.74) is 6.24. The molecule has 0 atom stereocenters. The van der Waals surface area contributed by atoms with E-state index in [1.165, 1.54) is 11.7 Å². The second kappa shape index (κ2) is 8.85. The zero-order valence-electron chi connectivity index (χ0n) is 14.6. The highest BCUT2D eigenvalue weighted by atomic mass is 32.1. The van der Waals surface area contributed by atoms with Gasteiger partial charge in [-0.05, 0) is 37.1 Å². The lowest BCUT2D eigenvalue weighted by molar-refractivity contribution is 0.134. The van der Waals surface area contributed by atoms with Crippen molar-refractivity contribution >= 4 is 11.7 Å². The molecule has 0 aliphatic rings. The molecule has 3 rings (SSSR count). The van der Waals surface area contributed by atoms with Crippen molar-refractivity contribution in [2.24, 2.45) is 0 Å². The van der Waals surface area contributed by atoms with Crippen LogP contribution in [0, 0.1) is 0 Å². The first-order valence-corrected chi connectivity index (χ1v) is 9.21. The minimum absolute atomic E-state index is 0.612. The van der Waals surface area contributed by atoms with Crippen LogP contribution >= 0.6 is 11.7 Å². The molecule has 3 aromatic rings. The largest absolute Gasteiger partial charge is 0.377 e. The van der Waals surface area contributed by atoms with Crippen LogP contribution in [0.2, 0.25) is 0 Å². The normalized spacial score (nSPS) is 11.0. The van der Waals surface area contributed by atoms with E-state index >= 15 is 0 Å². The molecule has 0 saturated heterocycles. The molecule has 130 valence electrons. The summed E-state index contributed by atoms with van der Waals surface area (Å²) in [6.07, 6.45) is 0. The van der Waals surface area contributed by atoms with Crippen molar-refractivity contribution in [2.45, 2.75) is 27.1 Å². The number of aromatic nitrogens is 2. The van der Waals surface area contributed by atoms with Crippen LogP contribution in [-0.2, 0) is 22.7 Å². The lowest BCUT2D eigenvalue weighted by atomic mass is 10.0. The second-order valence-electron chi connectivity index (χ2n) is 5.64. The average molecular weight is 354 g/mol. The van der Waals surface area contributed by atoms with Gasteiger partial charge in [-0.2, -0.15) is 8.75 Å². The summed E-state index contributed by atoms with van der Waals surface area (Å²) in [6.45, 7) is 6.64. The minimum Gasteiger partial charge on any atom is -0.377 e. The molecule has 25 heavy (non-hydrogen) atoms. The highest BCUT2D eigenvalue weighted by Crippen LogP contribution is 2.31. The Morgan fingerprint density at radius 1 is 0.760 bits per heavy atom. The van der Waals surface area contributed by atoms with E-state index in [0.29, 0.717) is 26.4 Å². The summed E-state index contributed by atoms with van der Waals surface area (Å²) in [7, 11) is 0. The van der Waals surface area contributed by atoms with E-state index < -0.39 is 0 Å². The van der Waals surface area contributed by atoms with Crippen LogP contribution in [0.4, 0.5) is 0 Å². The number of hydrogen-bond donors (Lipinski definition) is 0. The molecule has 2 aromatic carbocycles. The third kappa shape index (κ3) is 4.51. The molecular weight excluding hydrogens is 332 g/mol. The molecular formula is C20H22N2O2S. The highest BCUT2D eigenvalue weighted by Gasteiger charge is 2.13. The molecule has 1 aromatic heterocycles. The molecule has 0 saturated carbocycles. The molecule has 0 bridgehead atoms. The number of nitrogens with zero attached hydrogens (tertiary/aromatic N) is 2. The fraction of sp³-hybridized carbons (Fsp3) is 0.300. The molecule has 0 radical (unpaired) electrons. The van der Waals surface area contributed by atoms with Crippen molar-refractivity contribution in [3.63, 3.8) is 0 Å². The van der Waals surface area contributed by atoms with Gasteiger partial charge in [0.1, 0.15) is 11.4 Å². The molecule has 5 heteroatoms. The third-order valence-corrected chi connectivity index (χ3v) is 4.36. The van der Waals surface area contributed by atoms with Crippen LogP contribution in [0.1, 0.15) is 25.0 Å². The molecule has 4 nitrogen and oxygen atoms in total. The molecule has 0 amide bonds. The first-order valence-electron chi connectivity index (χ1n) is 8.48. The van der Waals surface area contributed by atoms with Crippen LogP contribution in [0.25, 0.3) is 22.5 Å². The van der Waals surface area contributed by atoms with Crippen molar-refractivity contribution in [1.29, 1.82) is 0 Å². The van der Waals surface area contributed by atoms with Crippen molar-refractivity contribution in [3.8, 4) is 22.5 Å². The van der Waals surface area contributed by atoms with Crippen molar-refractivity contribution in [2.75, 3.05) is 13.2 Å². The zero-order valence-corrected chi connectivity index (χ0v) is 15.4. The SMILES string of the molecule is CCOCc1cccc(-c2nsnc2-c2cccc(COCC)c2)c1. The molecule has 0 spiro atoms. The van der Waals surface area contributed by atoms with Gasteiger partial charge in [0, 0.05) is 24.3 Å². The van der Waals surface area contributed by atoms with E-state index in [9.17, 15) is 0 Å². The summed E-state index contributed by atoms with van der Waals surface area (Å²) in [5.74, 6) is 0. The fourth-order valence-electron chi connectivity index (χ4n) is 2.62. The number of ether oxygens (including phenoxy) is 2. The van der Waals surface area contributed by atoms with Gasteiger partial charge in [-0.25, -0.2) is 0 Å². The first-order chi connectivity index (χ1) is 12.3. The Hall–Kier alpha value is -2.08. The highest BCUT2D eigenvalue weighted by molar-refractivity contribution is 6.99. The second-order valence-corrected chi connectivity index (χ2v) is 6.16. The summed E-state index contributed by atoms with van der Waals surface area (Å²) < 4.78 is 20.1. The van der Waals surface area contributed by atoms with Gasteiger partial charge < -0.3 is 9.47 Å². The van der Waals surface area contributed by atoms with Crippen LogP contribution < -0.4 is 0 Å². The number of hydrogen-bond acceptors (Lipinski definition) is 5. The quantitative estimate of drug-likeness (QED) is 0.574. The maximum atomic E-state index is 5.51. The Balaban J connectivity index is 1.90. The third-order valence-electron chi connectivity index (χ3n) is 3.84. The number of rotatable bonds is 8. The van der Waals surface area contributed by atoms with E-state index in [-0.39, 0.29) is 0 Å². The van der Waals surface area contributed by atoms with Gasteiger partial charge in [0.2, 0.25) is 0 Å². The first kappa shape index (κ1) is 17.7. The summed E-state index contributed by atoms with van der Waals surface area (Å²) >= 11 is 1.24. The van der Waals surface area contributed by atoms with E-state index in [1.807, 2.05) is 26.0 Å².